The number of nitrogens with zero attached hydrogens (tertiary/aromatic N) is 1. The lowest BCUT2D eigenvalue weighted by atomic mass is 10.1. The highest BCUT2D eigenvalue weighted by molar-refractivity contribution is 5.94. The first-order valence-corrected chi connectivity index (χ1v) is 8.07. The van der Waals surface area contributed by atoms with E-state index in [1.807, 2.05) is 61.5 Å². The summed E-state index contributed by atoms with van der Waals surface area (Å²) in [5, 5.41) is 2.95. The summed E-state index contributed by atoms with van der Waals surface area (Å²) in [4.78, 5) is 14.2. The van der Waals surface area contributed by atoms with Crippen LogP contribution >= 0.6 is 0 Å². The van der Waals surface area contributed by atoms with E-state index >= 15 is 0 Å². The third-order valence-corrected chi connectivity index (χ3v) is 3.95. The normalized spacial score (nSPS) is 12.6. The van der Waals surface area contributed by atoms with Crippen molar-refractivity contribution in [1.82, 2.24) is 5.32 Å². The SMILES string of the molecule is CN(C)c1ccc(C(=O)NCCc2ccc3c(c2)OCCO3)cc1. The Balaban J connectivity index is 1.53. The smallest absolute Gasteiger partial charge is 0.251 e. The molecule has 5 heteroatoms. The minimum Gasteiger partial charge on any atom is -0.486 e. The van der Waals surface area contributed by atoms with Crippen molar-refractivity contribution in [1.29, 1.82) is 0 Å². The lowest BCUT2D eigenvalue weighted by Crippen LogP contribution is -2.25. The average Bonchev–Trinajstić information content (AvgIpc) is 2.61. The van der Waals surface area contributed by atoms with Gasteiger partial charge in [-0.1, -0.05) is 6.07 Å². The second-order valence-electron chi connectivity index (χ2n) is 5.93. The van der Waals surface area contributed by atoms with E-state index in [0.717, 1.165) is 29.2 Å². The monoisotopic (exact) mass is 326 g/mol. The number of carbonyl (C=O) groups is 1. The van der Waals surface area contributed by atoms with Gasteiger partial charge in [0.1, 0.15) is 13.2 Å². The standard InChI is InChI=1S/C19H22N2O3/c1-21(2)16-6-4-15(5-7-16)19(22)20-10-9-14-3-8-17-18(13-14)24-12-11-23-17/h3-8,13H,9-12H2,1-2H3,(H,20,22). The van der Waals surface area contributed by atoms with Gasteiger partial charge in [-0.05, 0) is 48.4 Å². The molecule has 0 radical (unpaired) electrons. The summed E-state index contributed by atoms with van der Waals surface area (Å²) in [5.74, 6) is 1.51. The summed E-state index contributed by atoms with van der Waals surface area (Å²) in [5.41, 5.74) is 2.85. The number of hydrogen-bond acceptors (Lipinski definition) is 4. The second kappa shape index (κ2) is 7.25. The maximum Gasteiger partial charge on any atom is 0.251 e. The van der Waals surface area contributed by atoms with Crippen molar-refractivity contribution in [2.24, 2.45) is 0 Å². The van der Waals surface area contributed by atoms with Gasteiger partial charge in [-0.2, -0.15) is 0 Å². The summed E-state index contributed by atoms with van der Waals surface area (Å²) >= 11 is 0. The van der Waals surface area contributed by atoms with Crippen LogP contribution in [0.25, 0.3) is 0 Å². The van der Waals surface area contributed by atoms with Gasteiger partial charge in [0, 0.05) is 31.9 Å². The molecule has 1 heterocycles. The van der Waals surface area contributed by atoms with Gasteiger partial charge < -0.3 is 19.7 Å². The molecule has 0 fully saturated rings. The number of carbonyl (C=O) groups excluding carboxylic acids is 1. The zero-order chi connectivity index (χ0) is 16.9. The fraction of sp³-hybridized carbons (Fsp3) is 0.316. The van der Waals surface area contributed by atoms with Gasteiger partial charge >= 0.3 is 0 Å². The summed E-state index contributed by atoms with van der Waals surface area (Å²) < 4.78 is 11.1. The van der Waals surface area contributed by atoms with Crippen molar-refractivity contribution in [3.8, 4) is 11.5 Å². The van der Waals surface area contributed by atoms with Crippen molar-refractivity contribution >= 4 is 11.6 Å². The van der Waals surface area contributed by atoms with Crippen LogP contribution in [0.3, 0.4) is 0 Å². The molecule has 0 atom stereocenters. The Morgan fingerprint density at radius 3 is 2.46 bits per heavy atom. The molecule has 126 valence electrons. The number of fused-ring (bicyclic) bond motifs is 1. The van der Waals surface area contributed by atoms with E-state index in [1.165, 1.54) is 0 Å². The van der Waals surface area contributed by atoms with E-state index in [4.69, 9.17) is 9.47 Å². The van der Waals surface area contributed by atoms with Crippen molar-refractivity contribution < 1.29 is 14.3 Å². The molecule has 0 aliphatic carbocycles. The van der Waals surface area contributed by atoms with Gasteiger partial charge in [0.05, 0.1) is 0 Å². The molecule has 1 amide bonds. The van der Waals surface area contributed by atoms with Crippen LogP contribution in [0.15, 0.2) is 42.5 Å². The minimum atomic E-state index is -0.0575. The minimum absolute atomic E-state index is 0.0575. The van der Waals surface area contributed by atoms with E-state index in [-0.39, 0.29) is 5.91 Å². The van der Waals surface area contributed by atoms with Gasteiger partial charge in [0.25, 0.3) is 5.91 Å². The zero-order valence-electron chi connectivity index (χ0n) is 14.0. The Morgan fingerprint density at radius 2 is 1.75 bits per heavy atom. The first-order valence-electron chi connectivity index (χ1n) is 8.07. The number of hydrogen-bond donors (Lipinski definition) is 1. The largest absolute Gasteiger partial charge is 0.486 e. The molecule has 0 aromatic heterocycles. The maximum absolute atomic E-state index is 12.2. The van der Waals surface area contributed by atoms with E-state index < -0.39 is 0 Å². The van der Waals surface area contributed by atoms with Gasteiger partial charge in [0.15, 0.2) is 11.5 Å². The Hall–Kier alpha value is -2.69. The number of rotatable bonds is 5. The molecule has 5 nitrogen and oxygen atoms in total. The number of amides is 1. The van der Waals surface area contributed by atoms with Crippen molar-refractivity contribution in [2.75, 3.05) is 38.8 Å². The third kappa shape index (κ3) is 3.79. The molecule has 2 aromatic carbocycles. The first-order chi connectivity index (χ1) is 11.6. The molecular weight excluding hydrogens is 304 g/mol. The topological polar surface area (TPSA) is 50.8 Å². The molecule has 1 aliphatic heterocycles. The molecule has 2 aromatic rings. The Bertz CT molecular complexity index is 711. The highest BCUT2D eigenvalue weighted by atomic mass is 16.6. The Kier molecular flexibility index (Phi) is 4.89. The molecule has 1 aliphatic rings. The van der Waals surface area contributed by atoms with Crippen LogP contribution in [0, 0.1) is 0 Å². The van der Waals surface area contributed by atoms with Crippen LogP contribution in [-0.4, -0.2) is 39.8 Å². The van der Waals surface area contributed by atoms with Crippen LogP contribution in [-0.2, 0) is 6.42 Å². The van der Waals surface area contributed by atoms with Gasteiger partial charge in [-0.3, -0.25) is 4.79 Å². The van der Waals surface area contributed by atoms with Crippen LogP contribution in [0.2, 0.25) is 0 Å². The van der Waals surface area contributed by atoms with E-state index in [9.17, 15) is 4.79 Å². The average molecular weight is 326 g/mol. The molecule has 0 spiro atoms. The van der Waals surface area contributed by atoms with Gasteiger partial charge in [-0.15, -0.1) is 0 Å². The molecular formula is C19H22N2O3. The van der Waals surface area contributed by atoms with Gasteiger partial charge in [-0.25, -0.2) is 0 Å². The third-order valence-electron chi connectivity index (χ3n) is 3.95. The highest BCUT2D eigenvalue weighted by Gasteiger charge is 2.12. The van der Waals surface area contributed by atoms with E-state index in [1.54, 1.807) is 0 Å². The quantitative estimate of drug-likeness (QED) is 0.917. The number of benzene rings is 2. The summed E-state index contributed by atoms with van der Waals surface area (Å²) in [7, 11) is 3.95. The fourth-order valence-electron chi connectivity index (χ4n) is 2.58. The van der Waals surface area contributed by atoms with Crippen LogP contribution in [0.1, 0.15) is 15.9 Å². The van der Waals surface area contributed by atoms with E-state index in [0.29, 0.717) is 25.3 Å². The van der Waals surface area contributed by atoms with Crippen LogP contribution < -0.4 is 19.7 Å². The van der Waals surface area contributed by atoms with Crippen molar-refractivity contribution in [3.05, 3.63) is 53.6 Å². The van der Waals surface area contributed by atoms with Crippen LogP contribution in [0.4, 0.5) is 5.69 Å². The van der Waals surface area contributed by atoms with Crippen LogP contribution in [0.5, 0.6) is 11.5 Å². The molecule has 0 saturated heterocycles. The molecule has 1 N–H and O–H groups in total. The van der Waals surface area contributed by atoms with Crippen molar-refractivity contribution in [2.45, 2.75) is 6.42 Å². The number of ether oxygens (including phenoxy) is 2. The lowest BCUT2D eigenvalue weighted by Gasteiger charge is -2.18. The number of nitrogens with one attached hydrogen (secondary N) is 1. The Labute approximate surface area is 142 Å². The maximum atomic E-state index is 12.2. The summed E-state index contributed by atoms with van der Waals surface area (Å²) in [6, 6.07) is 13.5. The van der Waals surface area contributed by atoms with Crippen molar-refractivity contribution in [3.63, 3.8) is 0 Å². The Morgan fingerprint density at radius 1 is 1.04 bits per heavy atom. The number of anilines is 1. The molecule has 0 unspecified atom stereocenters. The summed E-state index contributed by atoms with van der Waals surface area (Å²) in [6.45, 7) is 1.75. The predicted octanol–water partition coefficient (Wildman–Crippen LogP) is 2.50. The molecule has 0 bridgehead atoms. The zero-order valence-corrected chi connectivity index (χ0v) is 14.0. The first kappa shape index (κ1) is 16.2. The highest BCUT2D eigenvalue weighted by Crippen LogP contribution is 2.30. The molecule has 0 saturated carbocycles. The molecule has 24 heavy (non-hydrogen) atoms. The summed E-state index contributed by atoms with van der Waals surface area (Å²) in [6.07, 6.45) is 0.748. The molecule has 3 rings (SSSR count). The fourth-order valence-corrected chi connectivity index (χ4v) is 2.58. The van der Waals surface area contributed by atoms with Gasteiger partial charge in [0.2, 0.25) is 0 Å². The van der Waals surface area contributed by atoms with E-state index in [2.05, 4.69) is 5.32 Å². The predicted molar refractivity (Wildman–Crippen MR) is 94.2 cm³/mol. The second-order valence-corrected chi connectivity index (χ2v) is 5.93. The lowest BCUT2D eigenvalue weighted by molar-refractivity contribution is 0.0954.